The first kappa shape index (κ1) is 13.1. The topological polar surface area (TPSA) is 75.1 Å². The van der Waals surface area contributed by atoms with Crippen molar-refractivity contribution in [3.63, 3.8) is 0 Å². The Labute approximate surface area is 100 Å². The summed E-state index contributed by atoms with van der Waals surface area (Å²) >= 11 is 0. The molecule has 90 valence electrons. The van der Waals surface area contributed by atoms with Crippen molar-refractivity contribution in [2.75, 3.05) is 0 Å². The standard InChI is InChI=1S/C12H15N3O2/c1-12(2,14-15-13)8-11(16)17-9-10-6-4-3-5-7-10/h3-7H,8-9H2,1-2H3. The zero-order valence-corrected chi connectivity index (χ0v) is 9.96. The lowest BCUT2D eigenvalue weighted by Crippen LogP contribution is -2.22. The summed E-state index contributed by atoms with van der Waals surface area (Å²) in [6.07, 6.45) is 0.0733. The fraction of sp³-hybridized carbons (Fsp3) is 0.417. The monoisotopic (exact) mass is 233 g/mol. The molecule has 1 aromatic rings. The number of rotatable bonds is 5. The fourth-order valence-electron chi connectivity index (χ4n) is 1.30. The van der Waals surface area contributed by atoms with Gasteiger partial charge in [0.2, 0.25) is 0 Å². The Morgan fingerprint density at radius 3 is 2.65 bits per heavy atom. The van der Waals surface area contributed by atoms with Crippen LogP contribution in [0.1, 0.15) is 25.8 Å². The van der Waals surface area contributed by atoms with Crippen molar-refractivity contribution in [3.8, 4) is 0 Å². The van der Waals surface area contributed by atoms with Gasteiger partial charge in [0.15, 0.2) is 0 Å². The van der Waals surface area contributed by atoms with Crippen molar-refractivity contribution in [3.05, 3.63) is 46.3 Å². The molecule has 1 rings (SSSR count). The summed E-state index contributed by atoms with van der Waals surface area (Å²) in [7, 11) is 0. The molecule has 5 nitrogen and oxygen atoms in total. The molecule has 0 saturated carbocycles. The van der Waals surface area contributed by atoms with Crippen LogP contribution >= 0.6 is 0 Å². The molecule has 0 aliphatic heterocycles. The lowest BCUT2D eigenvalue weighted by atomic mass is 10.0. The van der Waals surface area contributed by atoms with Gasteiger partial charge in [-0.2, -0.15) is 0 Å². The van der Waals surface area contributed by atoms with Gasteiger partial charge >= 0.3 is 5.97 Å². The fourth-order valence-corrected chi connectivity index (χ4v) is 1.30. The molecule has 0 N–H and O–H groups in total. The molecule has 0 spiro atoms. The quantitative estimate of drug-likeness (QED) is 0.339. The zero-order chi connectivity index (χ0) is 12.7. The van der Waals surface area contributed by atoms with Gasteiger partial charge < -0.3 is 4.74 Å². The second-order valence-corrected chi connectivity index (χ2v) is 4.32. The summed E-state index contributed by atoms with van der Waals surface area (Å²) in [5.74, 6) is -0.369. The molecule has 0 aliphatic rings. The Bertz CT molecular complexity index is 423. The predicted octanol–water partition coefficient (Wildman–Crippen LogP) is 3.21. The summed E-state index contributed by atoms with van der Waals surface area (Å²) in [6, 6.07) is 9.42. The van der Waals surface area contributed by atoms with Crippen LogP contribution in [0.2, 0.25) is 0 Å². The van der Waals surface area contributed by atoms with E-state index in [4.69, 9.17) is 10.3 Å². The molecule has 0 unspecified atom stereocenters. The molecule has 0 atom stereocenters. The van der Waals surface area contributed by atoms with E-state index >= 15 is 0 Å². The SMILES string of the molecule is CC(C)(CC(=O)OCc1ccccc1)N=[N+]=[N-]. The first-order valence-electron chi connectivity index (χ1n) is 5.29. The average molecular weight is 233 g/mol. The number of benzene rings is 1. The normalized spacial score (nSPS) is 10.5. The maximum Gasteiger partial charge on any atom is 0.306 e. The van der Waals surface area contributed by atoms with Crippen LogP contribution < -0.4 is 0 Å². The van der Waals surface area contributed by atoms with Crippen LogP contribution in [-0.2, 0) is 16.1 Å². The molecular formula is C12H15N3O2. The molecule has 0 aromatic heterocycles. The third-order valence-electron chi connectivity index (χ3n) is 2.14. The molecule has 0 saturated heterocycles. The van der Waals surface area contributed by atoms with E-state index in [1.165, 1.54) is 0 Å². The van der Waals surface area contributed by atoms with Crippen LogP contribution in [-0.4, -0.2) is 11.5 Å². The summed E-state index contributed by atoms with van der Waals surface area (Å²) in [4.78, 5) is 14.2. The van der Waals surface area contributed by atoms with Gasteiger partial charge in [0, 0.05) is 4.91 Å². The van der Waals surface area contributed by atoms with Crippen molar-refractivity contribution >= 4 is 5.97 Å². The Morgan fingerprint density at radius 1 is 1.41 bits per heavy atom. The van der Waals surface area contributed by atoms with E-state index in [0.717, 1.165) is 5.56 Å². The Kier molecular flexibility index (Phi) is 4.55. The summed E-state index contributed by atoms with van der Waals surface area (Å²) in [5, 5.41) is 3.53. The highest BCUT2D eigenvalue weighted by molar-refractivity contribution is 5.70. The number of carbonyl (C=O) groups excluding carboxylic acids is 1. The second-order valence-electron chi connectivity index (χ2n) is 4.32. The number of carbonyl (C=O) groups is 1. The lowest BCUT2D eigenvalue weighted by Gasteiger charge is -2.16. The smallest absolute Gasteiger partial charge is 0.306 e. The van der Waals surface area contributed by atoms with Gasteiger partial charge in [-0.1, -0.05) is 49.3 Å². The van der Waals surface area contributed by atoms with E-state index in [1.807, 2.05) is 30.3 Å². The van der Waals surface area contributed by atoms with Gasteiger partial charge in [0.05, 0.1) is 12.0 Å². The van der Waals surface area contributed by atoms with Crippen LogP contribution in [0.25, 0.3) is 10.4 Å². The predicted molar refractivity (Wildman–Crippen MR) is 64.1 cm³/mol. The maximum absolute atomic E-state index is 11.5. The number of hydrogen-bond acceptors (Lipinski definition) is 3. The van der Waals surface area contributed by atoms with Gasteiger partial charge in [0.25, 0.3) is 0 Å². The summed E-state index contributed by atoms with van der Waals surface area (Å²) in [6.45, 7) is 3.62. The highest BCUT2D eigenvalue weighted by Crippen LogP contribution is 2.15. The molecule has 0 bridgehead atoms. The van der Waals surface area contributed by atoms with Crippen LogP contribution in [0.4, 0.5) is 0 Å². The van der Waals surface area contributed by atoms with Crippen molar-refractivity contribution in [1.82, 2.24) is 0 Å². The molecule has 17 heavy (non-hydrogen) atoms. The van der Waals surface area contributed by atoms with Crippen molar-refractivity contribution in [1.29, 1.82) is 0 Å². The molecule has 1 aromatic carbocycles. The molecule has 0 fully saturated rings. The van der Waals surface area contributed by atoms with Crippen molar-refractivity contribution in [2.24, 2.45) is 5.11 Å². The number of esters is 1. The van der Waals surface area contributed by atoms with Crippen molar-refractivity contribution < 1.29 is 9.53 Å². The zero-order valence-electron chi connectivity index (χ0n) is 9.96. The molecule has 0 radical (unpaired) electrons. The molecular weight excluding hydrogens is 218 g/mol. The van der Waals surface area contributed by atoms with Crippen LogP contribution in [0.15, 0.2) is 35.4 Å². The minimum absolute atomic E-state index is 0.0733. The Morgan fingerprint density at radius 2 is 2.06 bits per heavy atom. The van der Waals surface area contributed by atoms with Crippen molar-refractivity contribution in [2.45, 2.75) is 32.4 Å². The van der Waals surface area contributed by atoms with Gasteiger partial charge in [-0.3, -0.25) is 4.79 Å². The lowest BCUT2D eigenvalue weighted by molar-refractivity contribution is -0.146. The largest absolute Gasteiger partial charge is 0.461 e. The van der Waals surface area contributed by atoms with Gasteiger partial charge in [-0.15, -0.1) is 0 Å². The minimum atomic E-state index is -0.747. The molecule has 5 heteroatoms. The number of azide groups is 1. The van der Waals surface area contributed by atoms with Crippen LogP contribution in [0, 0.1) is 0 Å². The highest BCUT2D eigenvalue weighted by Gasteiger charge is 2.21. The number of nitrogens with zero attached hydrogens (tertiary/aromatic N) is 3. The average Bonchev–Trinajstić information content (AvgIpc) is 2.27. The first-order chi connectivity index (χ1) is 8.03. The van der Waals surface area contributed by atoms with E-state index in [-0.39, 0.29) is 19.0 Å². The minimum Gasteiger partial charge on any atom is -0.461 e. The summed E-state index contributed by atoms with van der Waals surface area (Å²) < 4.78 is 5.09. The number of ether oxygens (including phenoxy) is 1. The van der Waals surface area contributed by atoms with Gasteiger partial charge in [-0.05, 0) is 11.1 Å². The Hall–Kier alpha value is -2.00. The highest BCUT2D eigenvalue weighted by atomic mass is 16.5. The van der Waals surface area contributed by atoms with E-state index in [2.05, 4.69) is 10.0 Å². The van der Waals surface area contributed by atoms with E-state index in [9.17, 15) is 4.79 Å². The van der Waals surface area contributed by atoms with E-state index < -0.39 is 5.54 Å². The summed E-state index contributed by atoms with van der Waals surface area (Å²) in [5.41, 5.74) is 8.51. The van der Waals surface area contributed by atoms with E-state index in [0.29, 0.717) is 0 Å². The number of hydrogen-bond donors (Lipinski definition) is 0. The molecule has 0 amide bonds. The molecule has 0 aliphatic carbocycles. The van der Waals surface area contributed by atoms with E-state index in [1.54, 1.807) is 13.8 Å². The van der Waals surface area contributed by atoms with Crippen LogP contribution in [0.5, 0.6) is 0 Å². The third kappa shape index (κ3) is 5.04. The maximum atomic E-state index is 11.5. The Balaban J connectivity index is 2.43. The third-order valence-corrected chi connectivity index (χ3v) is 2.14. The second kappa shape index (κ2) is 5.92. The first-order valence-corrected chi connectivity index (χ1v) is 5.29. The van der Waals surface area contributed by atoms with Gasteiger partial charge in [0.1, 0.15) is 6.61 Å². The van der Waals surface area contributed by atoms with Gasteiger partial charge in [-0.25, -0.2) is 0 Å². The molecule has 0 heterocycles. The van der Waals surface area contributed by atoms with Crippen LogP contribution in [0.3, 0.4) is 0 Å².